The SMILES string of the molecule is C=CC(=O)N1CC2(CCN(c3nc(N4CCOCC4)nc(-c4c(C)ccc5[nH]ncc45)c3OC)C2)C1. The van der Waals surface area contributed by atoms with Gasteiger partial charge in [0.05, 0.1) is 32.0 Å². The lowest BCUT2D eigenvalue weighted by Gasteiger charge is -2.47. The van der Waals surface area contributed by atoms with Crippen molar-refractivity contribution in [1.82, 2.24) is 25.1 Å². The van der Waals surface area contributed by atoms with Crippen LogP contribution in [0, 0.1) is 12.3 Å². The summed E-state index contributed by atoms with van der Waals surface area (Å²) in [5, 5.41) is 8.35. The quantitative estimate of drug-likeness (QED) is 0.546. The largest absolute Gasteiger partial charge is 0.491 e. The topological polar surface area (TPSA) is 99.7 Å². The number of H-pyrrole nitrogens is 1. The molecule has 0 bridgehead atoms. The lowest BCUT2D eigenvalue weighted by Crippen LogP contribution is -2.59. The van der Waals surface area contributed by atoms with E-state index in [-0.39, 0.29) is 11.3 Å². The molecule has 10 nitrogen and oxygen atoms in total. The number of aryl methyl sites for hydroxylation is 1. The molecule has 1 aromatic carbocycles. The molecule has 1 N–H and O–H groups in total. The molecule has 1 spiro atoms. The molecule has 0 atom stereocenters. The first kappa shape index (κ1) is 22.8. The van der Waals surface area contributed by atoms with E-state index >= 15 is 0 Å². The smallest absolute Gasteiger partial charge is 0.245 e. The third-order valence-electron chi connectivity index (χ3n) is 7.68. The van der Waals surface area contributed by atoms with Crippen LogP contribution < -0.4 is 14.5 Å². The van der Waals surface area contributed by atoms with Crippen LogP contribution in [0.15, 0.2) is 31.0 Å². The van der Waals surface area contributed by atoms with Crippen LogP contribution in [0.4, 0.5) is 11.8 Å². The van der Waals surface area contributed by atoms with Crippen molar-refractivity contribution in [3.05, 3.63) is 36.5 Å². The Bertz CT molecular complexity index is 1320. The summed E-state index contributed by atoms with van der Waals surface area (Å²) in [6.07, 6.45) is 4.24. The summed E-state index contributed by atoms with van der Waals surface area (Å²) < 4.78 is 11.6. The summed E-state index contributed by atoms with van der Waals surface area (Å²) in [4.78, 5) is 28.5. The Morgan fingerprint density at radius 1 is 1.17 bits per heavy atom. The Morgan fingerprint density at radius 3 is 2.72 bits per heavy atom. The van der Waals surface area contributed by atoms with Gasteiger partial charge in [0.25, 0.3) is 0 Å². The number of fused-ring (bicyclic) bond motifs is 1. The number of amides is 1. The molecule has 3 aliphatic heterocycles. The van der Waals surface area contributed by atoms with Crippen molar-refractivity contribution in [2.75, 3.05) is 69.4 Å². The second-order valence-electron chi connectivity index (χ2n) is 9.99. The van der Waals surface area contributed by atoms with Crippen molar-refractivity contribution >= 4 is 28.6 Å². The first-order chi connectivity index (χ1) is 17.5. The van der Waals surface area contributed by atoms with Gasteiger partial charge in [-0.3, -0.25) is 9.89 Å². The van der Waals surface area contributed by atoms with Gasteiger partial charge in [-0.05, 0) is 31.1 Å². The van der Waals surface area contributed by atoms with E-state index in [2.05, 4.69) is 39.6 Å². The maximum absolute atomic E-state index is 12.1. The molecule has 3 aliphatic rings. The van der Waals surface area contributed by atoms with E-state index in [1.54, 1.807) is 7.11 Å². The molecule has 5 heterocycles. The van der Waals surface area contributed by atoms with Crippen LogP contribution in [0.3, 0.4) is 0 Å². The first-order valence-electron chi connectivity index (χ1n) is 12.4. The van der Waals surface area contributed by atoms with Gasteiger partial charge in [-0.1, -0.05) is 12.6 Å². The van der Waals surface area contributed by atoms with E-state index in [1.165, 1.54) is 6.08 Å². The van der Waals surface area contributed by atoms with Gasteiger partial charge in [-0.25, -0.2) is 4.98 Å². The predicted octanol–water partition coefficient (Wildman–Crippen LogP) is 2.40. The summed E-state index contributed by atoms with van der Waals surface area (Å²) in [5.41, 5.74) is 3.89. The number of benzene rings is 1. The highest BCUT2D eigenvalue weighted by molar-refractivity contribution is 5.97. The average molecular weight is 490 g/mol. The minimum atomic E-state index is -0.000682. The number of nitrogens with zero attached hydrogens (tertiary/aromatic N) is 6. The molecule has 3 saturated heterocycles. The standard InChI is InChI=1S/C26H31N7O3/c1-4-20(34)33-15-26(16-33)7-8-32(14-26)24-23(35-3)22(28-25(29-24)31-9-11-36-12-10-31)21-17(2)5-6-19-18(21)13-27-30-19/h4-6,13H,1,7-12,14-16H2,2-3H3,(H,27,30). The molecule has 6 rings (SSSR count). The van der Waals surface area contributed by atoms with E-state index in [9.17, 15) is 4.79 Å². The van der Waals surface area contributed by atoms with Gasteiger partial charge in [0.15, 0.2) is 11.6 Å². The summed E-state index contributed by atoms with van der Waals surface area (Å²) in [5.74, 6) is 2.15. The number of aromatic nitrogens is 4. The van der Waals surface area contributed by atoms with Crippen molar-refractivity contribution in [3.8, 4) is 17.0 Å². The third-order valence-corrected chi connectivity index (χ3v) is 7.68. The summed E-state index contributed by atoms with van der Waals surface area (Å²) >= 11 is 0. The third kappa shape index (κ3) is 3.67. The zero-order chi connectivity index (χ0) is 24.9. The maximum Gasteiger partial charge on any atom is 0.245 e. The summed E-state index contributed by atoms with van der Waals surface area (Å²) in [6.45, 7) is 11.6. The van der Waals surface area contributed by atoms with E-state index in [0.717, 1.165) is 79.2 Å². The molecule has 1 amide bonds. The highest BCUT2D eigenvalue weighted by atomic mass is 16.5. The number of rotatable bonds is 5. The number of methoxy groups -OCH3 is 1. The van der Waals surface area contributed by atoms with Gasteiger partial charge in [0, 0.05) is 55.6 Å². The van der Waals surface area contributed by atoms with Gasteiger partial charge >= 0.3 is 0 Å². The number of aromatic amines is 1. The molecule has 0 aliphatic carbocycles. The lowest BCUT2D eigenvalue weighted by molar-refractivity contribution is -0.136. The minimum absolute atomic E-state index is 0.000682. The monoisotopic (exact) mass is 489 g/mol. The molecule has 3 fully saturated rings. The predicted molar refractivity (Wildman–Crippen MR) is 137 cm³/mol. The number of nitrogens with one attached hydrogen (secondary N) is 1. The van der Waals surface area contributed by atoms with Crippen LogP contribution >= 0.6 is 0 Å². The van der Waals surface area contributed by atoms with Crippen LogP contribution in [-0.4, -0.2) is 90.6 Å². The van der Waals surface area contributed by atoms with Crippen LogP contribution in [-0.2, 0) is 9.53 Å². The number of anilines is 2. The fourth-order valence-corrected chi connectivity index (χ4v) is 5.77. The molecule has 0 saturated carbocycles. The zero-order valence-electron chi connectivity index (χ0n) is 20.8. The molecule has 188 valence electrons. The van der Waals surface area contributed by atoms with E-state index in [0.29, 0.717) is 24.9 Å². The van der Waals surface area contributed by atoms with Gasteiger partial charge in [0.2, 0.25) is 11.9 Å². The van der Waals surface area contributed by atoms with Gasteiger partial charge in [-0.15, -0.1) is 0 Å². The second-order valence-corrected chi connectivity index (χ2v) is 9.99. The van der Waals surface area contributed by atoms with Crippen LogP contribution in [0.5, 0.6) is 5.75 Å². The Labute approximate surface area is 209 Å². The molecule has 0 unspecified atom stereocenters. The van der Waals surface area contributed by atoms with Crippen molar-refractivity contribution in [2.45, 2.75) is 13.3 Å². The zero-order valence-corrected chi connectivity index (χ0v) is 20.8. The summed E-state index contributed by atoms with van der Waals surface area (Å²) in [6, 6.07) is 4.12. The number of ether oxygens (including phenoxy) is 2. The number of carbonyl (C=O) groups excluding carboxylic acids is 1. The Balaban J connectivity index is 1.44. The van der Waals surface area contributed by atoms with Crippen LogP contribution in [0.1, 0.15) is 12.0 Å². The molecular formula is C26H31N7O3. The van der Waals surface area contributed by atoms with Gasteiger partial charge < -0.3 is 24.2 Å². The highest BCUT2D eigenvalue weighted by Crippen LogP contribution is 2.46. The molecule has 2 aromatic heterocycles. The minimum Gasteiger partial charge on any atom is -0.491 e. The van der Waals surface area contributed by atoms with E-state index < -0.39 is 0 Å². The second kappa shape index (κ2) is 8.77. The summed E-state index contributed by atoms with van der Waals surface area (Å²) in [7, 11) is 1.69. The van der Waals surface area contributed by atoms with Gasteiger partial charge in [-0.2, -0.15) is 10.1 Å². The first-order valence-corrected chi connectivity index (χ1v) is 12.4. The molecular weight excluding hydrogens is 458 g/mol. The van der Waals surface area contributed by atoms with Crippen molar-refractivity contribution in [3.63, 3.8) is 0 Å². The normalized spacial score (nSPS) is 19.1. The van der Waals surface area contributed by atoms with Crippen molar-refractivity contribution in [1.29, 1.82) is 0 Å². The van der Waals surface area contributed by atoms with Crippen molar-refractivity contribution < 1.29 is 14.3 Å². The van der Waals surface area contributed by atoms with E-state index in [4.69, 9.17) is 19.4 Å². The molecule has 36 heavy (non-hydrogen) atoms. The fraction of sp³-hybridized carbons (Fsp3) is 0.462. The lowest BCUT2D eigenvalue weighted by atomic mass is 9.79. The molecule has 3 aromatic rings. The molecule has 10 heteroatoms. The number of hydrogen-bond donors (Lipinski definition) is 1. The van der Waals surface area contributed by atoms with Crippen LogP contribution in [0.25, 0.3) is 22.2 Å². The number of morpholine rings is 1. The maximum atomic E-state index is 12.1. The van der Waals surface area contributed by atoms with Crippen molar-refractivity contribution in [2.24, 2.45) is 5.41 Å². The van der Waals surface area contributed by atoms with Crippen LogP contribution in [0.2, 0.25) is 0 Å². The average Bonchev–Trinajstić information content (AvgIpc) is 3.55. The fourth-order valence-electron chi connectivity index (χ4n) is 5.77. The molecule has 0 radical (unpaired) electrons. The Hall–Kier alpha value is -3.66. The number of hydrogen-bond acceptors (Lipinski definition) is 8. The Morgan fingerprint density at radius 2 is 1.97 bits per heavy atom. The Kier molecular flexibility index (Phi) is 5.55. The van der Waals surface area contributed by atoms with Gasteiger partial charge in [0.1, 0.15) is 5.69 Å². The number of carbonyl (C=O) groups is 1. The number of likely N-dealkylation sites (tertiary alicyclic amines) is 1. The van der Waals surface area contributed by atoms with E-state index in [1.807, 2.05) is 17.2 Å². The highest BCUT2D eigenvalue weighted by Gasteiger charge is 2.49.